The average Bonchev–Trinajstić information content (AvgIpc) is 2.90. The van der Waals surface area contributed by atoms with Gasteiger partial charge in [-0.2, -0.15) is 5.10 Å². The van der Waals surface area contributed by atoms with Gasteiger partial charge in [-0.25, -0.2) is 9.48 Å². The highest BCUT2D eigenvalue weighted by molar-refractivity contribution is 6.36. The van der Waals surface area contributed by atoms with Crippen LogP contribution in [0.3, 0.4) is 0 Å². The fourth-order valence-electron chi connectivity index (χ4n) is 1.73. The molecule has 0 aliphatic heterocycles. The minimum atomic E-state index is -1.16. The number of amides is 1. The van der Waals surface area contributed by atoms with E-state index in [-0.39, 0.29) is 5.69 Å². The van der Waals surface area contributed by atoms with E-state index in [0.717, 1.165) is 4.68 Å². The van der Waals surface area contributed by atoms with Gasteiger partial charge in [0.1, 0.15) is 11.7 Å². The number of rotatable bonds is 4. The van der Waals surface area contributed by atoms with Crippen LogP contribution in [-0.2, 0) is 4.79 Å². The summed E-state index contributed by atoms with van der Waals surface area (Å²) in [5.41, 5.74) is 0.321. The fraction of sp³-hybridized carbons (Fsp3) is 0.154. The van der Waals surface area contributed by atoms with Crippen LogP contribution in [0.5, 0.6) is 0 Å². The number of carbonyl (C=O) groups excluding carboxylic acids is 1. The molecule has 1 unspecified atom stereocenters. The predicted molar refractivity (Wildman–Crippen MR) is 79.0 cm³/mol. The number of halogens is 2. The molecule has 2 aromatic rings. The summed E-state index contributed by atoms with van der Waals surface area (Å²) in [6.45, 7) is 1.54. The SMILES string of the molecule is CC(C(=O)Nc1ccc(Cl)cc1Cl)n1nccc1C(=O)O. The van der Waals surface area contributed by atoms with Crippen molar-refractivity contribution >= 4 is 40.8 Å². The van der Waals surface area contributed by atoms with Gasteiger partial charge < -0.3 is 10.4 Å². The van der Waals surface area contributed by atoms with Crippen molar-refractivity contribution in [2.24, 2.45) is 0 Å². The van der Waals surface area contributed by atoms with Gasteiger partial charge in [0.2, 0.25) is 5.91 Å². The Morgan fingerprint density at radius 3 is 2.67 bits per heavy atom. The second-order valence-electron chi connectivity index (χ2n) is 4.26. The number of hydrogen-bond acceptors (Lipinski definition) is 3. The third-order valence-electron chi connectivity index (χ3n) is 2.82. The van der Waals surface area contributed by atoms with Crippen molar-refractivity contribution in [1.82, 2.24) is 9.78 Å². The number of nitrogens with zero attached hydrogens (tertiary/aromatic N) is 2. The molecule has 0 radical (unpaired) electrons. The van der Waals surface area contributed by atoms with E-state index in [9.17, 15) is 9.59 Å². The first-order chi connectivity index (χ1) is 9.90. The molecule has 0 aliphatic rings. The minimum Gasteiger partial charge on any atom is -0.477 e. The Morgan fingerprint density at radius 1 is 1.33 bits per heavy atom. The van der Waals surface area contributed by atoms with E-state index >= 15 is 0 Å². The topological polar surface area (TPSA) is 84.2 Å². The Kier molecular flexibility index (Phi) is 4.50. The van der Waals surface area contributed by atoms with E-state index in [1.807, 2.05) is 0 Å². The molecule has 1 heterocycles. The van der Waals surface area contributed by atoms with Crippen LogP contribution >= 0.6 is 23.2 Å². The van der Waals surface area contributed by atoms with Gasteiger partial charge in [0.15, 0.2) is 0 Å². The largest absolute Gasteiger partial charge is 0.477 e. The Balaban J connectivity index is 2.20. The summed E-state index contributed by atoms with van der Waals surface area (Å²) < 4.78 is 1.13. The summed E-state index contributed by atoms with van der Waals surface area (Å²) in [7, 11) is 0. The zero-order valence-corrected chi connectivity index (χ0v) is 12.4. The van der Waals surface area contributed by atoms with Crippen molar-refractivity contribution in [1.29, 1.82) is 0 Å². The number of aromatic carboxylic acids is 1. The summed E-state index contributed by atoms with van der Waals surface area (Å²) >= 11 is 11.7. The van der Waals surface area contributed by atoms with Crippen molar-refractivity contribution < 1.29 is 14.7 Å². The third kappa shape index (κ3) is 3.34. The average molecular weight is 328 g/mol. The van der Waals surface area contributed by atoms with Crippen molar-refractivity contribution in [3.05, 3.63) is 46.2 Å². The zero-order valence-electron chi connectivity index (χ0n) is 10.9. The molecule has 21 heavy (non-hydrogen) atoms. The van der Waals surface area contributed by atoms with Gasteiger partial charge in [-0.15, -0.1) is 0 Å². The predicted octanol–water partition coefficient (Wildman–Crippen LogP) is 3.09. The molecule has 1 atom stereocenters. The van der Waals surface area contributed by atoms with Crippen LogP contribution < -0.4 is 5.32 Å². The van der Waals surface area contributed by atoms with Crippen LogP contribution in [0.4, 0.5) is 5.69 Å². The van der Waals surface area contributed by atoms with Gasteiger partial charge in [0.05, 0.1) is 10.7 Å². The summed E-state index contributed by atoms with van der Waals surface area (Å²) in [5.74, 6) is -1.60. The van der Waals surface area contributed by atoms with Crippen LogP contribution in [0.2, 0.25) is 10.0 Å². The van der Waals surface area contributed by atoms with Crippen LogP contribution in [0.25, 0.3) is 0 Å². The van der Waals surface area contributed by atoms with E-state index in [2.05, 4.69) is 10.4 Å². The first-order valence-electron chi connectivity index (χ1n) is 5.93. The van der Waals surface area contributed by atoms with Crippen LogP contribution in [-0.4, -0.2) is 26.8 Å². The second-order valence-corrected chi connectivity index (χ2v) is 5.10. The number of anilines is 1. The first kappa shape index (κ1) is 15.3. The lowest BCUT2D eigenvalue weighted by molar-refractivity contribution is -0.119. The number of benzene rings is 1. The molecule has 110 valence electrons. The molecule has 0 fully saturated rings. The van der Waals surface area contributed by atoms with Gasteiger partial charge in [-0.1, -0.05) is 23.2 Å². The molecule has 0 saturated carbocycles. The van der Waals surface area contributed by atoms with Gasteiger partial charge in [0.25, 0.3) is 0 Å². The fourth-order valence-corrected chi connectivity index (χ4v) is 2.19. The Labute approximate surface area is 130 Å². The maximum Gasteiger partial charge on any atom is 0.354 e. The van der Waals surface area contributed by atoms with E-state index in [1.165, 1.54) is 18.3 Å². The Bertz CT molecular complexity index is 700. The lowest BCUT2D eigenvalue weighted by Crippen LogP contribution is -2.26. The van der Waals surface area contributed by atoms with Gasteiger partial charge in [-0.05, 0) is 31.2 Å². The number of carboxylic acids is 1. The van der Waals surface area contributed by atoms with Crippen LogP contribution in [0, 0.1) is 0 Å². The van der Waals surface area contributed by atoms with Crippen molar-refractivity contribution in [2.75, 3.05) is 5.32 Å². The quantitative estimate of drug-likeness (QED) is 0.903. The van der Waals surface area contributed by atoms with E-state index in [4.69, 9.17) is 28.3 Å². The minimum absolute atomic E-state index is 0.0696. The Morgan fingerprint density at radius 2 is 2.05 bits per heavy atom. The molecule has 1 aromatic heterocycles. The molecule has 0 spiro atoms. The van der Waals surface area contributed by atoms with Gasteiger partial charge >= 0.3 is 5.97 Å². The highest BCUT2D eigenvalue weighted by Crippen LogP contribution is 2.26. The second kappa shape index (κ2) is 6.15. The molecule has 8 heteroatoms. The maximum atomic E-state index is 12.2. The zero-order chi connectivity index (χ0) is 15.6. The molecule has 0 bridgehead atoms. The lowest BCUT2D eigenvalue weighted by atomic mass is 10.2. The van der Waals surface area contributed by atoms with Crippen LogP contribution in [0.15, 0.2) is 30.5 Å². The normalized spacial score (nSPS) is 12.0. The highest BCUT2D eigenvalue weighted by atomic mass is 35.5. The molecule has 2 rings (SSSR count). The Hall–Kier alpha value is -2.05. The molecule has 1 aromatic carbocycles. The number of nitrogens with one attached hydrogen (secondary N) is 1. The molecule has 6 nitrogen and oxygen atoms in total. The number of aromatic nitrogens is 2. The number of hydrogen-bond donors (Lipinski definition) is 2. The molecule has 0 saturated heterocycles. The smallest absolute Gasteiger partial charge is 0.354 e. The summed E-state index contributed by atoms with van der Waals surface area (Å²) in [5, 5.41) is 16.2. The van der Waals surface area contributed by atoms with E-state index in [1.54, 1.807) is 19.1 Å². The number of carbonyl (C=O) groups is 2. The summed E-state index contributed by atoms with van der Waals surface area (Å²) in [6.07, 6.45) is 1.32. The number of carboxylic acid groups (broad SMARTS) is 1. The standard InChI is InChI=1S/C13H11Cl2N3O3/c1-7(18-11(13(20)21)4-5-16-18)12(19)17-10-3-2-8(14)6-9(10)15/h2-7H,1H3,(H,17,19)(H,20,21). The summed E-state index contributed by atoms with van der Waals surface area (Å²) in [4.78, 5) is 23.2. The first-order valence-corrected chi connectivity index (χ1v) is 6.68. The monoisotopic (exact) mass is 327 g/mol. The van der Waals surface area contributed by atoms with Gasteiger partial charge in [0, 0.05) is 11.2 Å². The molecule has 1 amide bonds. The van der Waals surface area contributed by atoms with Crippen LogP contribution in [0.1, 0.15) is 23.5 Å². The third-order valence-corrected chi connectivity index (χ3v) is 3.37. The maximum absolute atomic E-state index is 12.2. The van der Waals surface area contributed by atoms with E-state index < -0.39 is 17.9 Å². The van der Waals surface area contributed by atoms with E-state index in [0.29, 0.717) is 15.7 Å². The van der Waals surface area contributed by atoms with Gasteiger partial charge in [-0.3, -0.25) is 4.79 Å². The molecular formula is C13H11Cl2N3O3. The van der Waals surface area contributed by atoms with Crippen molar-refractivity contribution in [3.8, 4) is 0 Å². The lowest BCUT2D eigenvalue weighted by Gasteiger charge is -2.15. The molecule has 2 N–H and O–H groups in total. The molecular weight excluding hydrogens is 317 g/mol. The summed E-state index contributed by atoms with van der Waals surface area (Å²) in [6, 6.07) is 5.17. The molecule has 0 aliphatic carbocycles. The van der Waals surface area contributed by atoms with Crippen molar-refractivity contribution in [3.63, 3.8) is 0 Å². The van der Waals surface area contributed by atoms with Crippen molar-refractivity contribution in [2.45, 2.75) is 13.0 Å². The highest BCUT2D eigenvalue weighted by Gasteiger charge is 2.21.